The number of carboxylic acids is 1. The zero-order valence-corrected chi connectivity index (χ0v) is 12.4. The second-order valence-corrected chi connectivity index (χ2v) is 5.81. The molecule has 2 aromatic carbocycles. The number of rotatable bonds is 4. The molecule has 0 bridgehead atoms. The Hall–Kier alpha value is -2.04. The molecule has 0 saturated carbocycles. The summed E-state index contributed by atoms with van der Waals surface area (Å²) in [6, 6.07) is 12.6. The fourth-order valence-corrected chi connectivity index (χ4v) is 3.23. The van der Waals surface area contributed by atoms with Gasteiger partial charge in [-0.25, -0.2) is 4.79 Å². The normalized spacial score (nSPS) is 10.7. The summed E-state index contributed by atoms with van der Waals surface area (Å²) in [5.41, 5.74) is 1.24. The third-order valence-corrected chi connectivity index (χ3v) is 4.43. The van der Waals surface area contributed by atoms with E-state index in [-0.39, 0.29) is 5.56 Å². The lowest BCUT2D eigenvalue weighted by molar-refractivity contribution is 0.0697. The zero-order chi connectivity index (χ0) is 14.8. The van der Waals surface area contributed by atoms with Crippen molar-refractivity contribution < 1.29 is 14.6 Å². The Morgan fingerprint density at radius 3 is 2.81 bits per heavy atom. The molecule has 0 aliphatic carbocycles. The van der Waals surface area contributed by atoms with Crippen molar-refractivity contribution in [1.29, 1.82) is 0 Å². The molecule has 0 amide bonds. The van der Waals surface area contributed by atoms with Crippen LogP contribution in [0.15, 0.2) is 47.8 Å². The molecule has 3 rings (SSSR count). The number of fused-ring (bicyclic) bond motifs is 1. The van der Waals surface area contributed by atoms with Crippen LogP contribution in [0, 0.1) is 0 Å². The molecule has 3 nitrogen and oxygen atoms in total. The second kappa shape index (κ2) is 5.76. The van der Waals surface area contributed by atoms with Crippen LogP contribution in [0.5, 0.6) is 5.75 Å². The maximum Gasteiger partial charge on any atom is 0.335 e. The molecule has 0 radical (unpaired) electrons. The van der Waals surface area contributed by atoms with Gasteiger partial charge in [0, 0.05) is 10.3 Å². The van der Waals surface area contributed by atoms with E-state index >= 15 is 0 Å². The van der Waals surface area contributed by atoms with E-state index in [0.717, 1.165) is 5.56 Å². The van der Waals surface area contributed by atoms with Crippen molar-refractivity contribution in [3.63, 3.8) is 0 Å². The number of halogens is 1. The van der Waals surface area contributed by atoms with Gasteiger partial charge in [-0.1, -0.05) is 29.8 Å². The first-order chi connectivity index (χ1) is 10.1. The third-order valence-electron chi connectivity index (χ3n) is 3.12. The van der Waals surface area contributed by atoms with Gasteiger partial charge in [0.25, 0.3) is 0 Å². The Morgan fingerprint density at radius 2 is 2.05 bits per heavy atom. The van der Waals surface area contributed by atoms with E-state index in [4.69, 9.17) is 21.4 Å². The van der Waals surface area contributed by atoms with Gasteiger partial charge in [-0.05, 0) is 35.0 Å². The molecule has 3 aromatic rings. The largest absolute Gasteiger partial charge is 0.487 e. The summed E-state index contributed by atoms with van der Waals surface area (Å²) in [4.78, 5) is 10.9. The van der Waals surface area contributed by atoms with E-state index in [1.54, 1.807) is 17.4 Å². The van der Waals surface area contributed by atoms with Crippen molar-refractivity contribution in [3.05, 3.63) is 64.0 Å². The predicted molar refractivity (Wildman–Crippen MR) is 84.6 cm³/mol. The van der Waals surface area contributed by atoms with E-state index in [2.05, 4.69) is 17.5 Å². The van der Waals surface area contributed by atoms with Crippen LogP contribution in [0.3, 0.4) is 0 Å². The van der Waals surface area contributed by atoms with Gasteiger partial charge in [0.05, 0.1) is 10.6 Å². The zero-order valence-electron chi connectivity index (χ0n) is 10.9. The van der Waals surface area contributed by atoms with Crippen molar-refractivity contribution in [2.45, 2.75) is 6.61 Å². The summed E-state index contributed by atoms with van der Waals surface area (Å²) in [7, 11) is 0. The minimum absolute atomic E-state index is 0.147. The van der Waals surface area contributed by atoms with Crippen LogP contribution >= 0.6 is 22.9 Å². The summed E-state index contributed by atoms with van der Waals surface area (Å²) in [5, 5.41) is 12.4. The first-order valence-corrected chi connectivity index (χ1v) is 7.51. The molecule has 0 atom stereocenters. The van der Waals surface area contributed by atoms with E-state index in [1.807, 2.05) is 12.1 Å². The molecule has 1 N–H and O–H groups in total. The number of carboxylic acid groups (broad SMARTS) is 1. The van der Waals surface area contributed by atoms with E-state index < -0.39 is 5.97 Å². The molecule has 0 spiro atoms. The van der Waals surface area contributed by atoms with Gasteiger partial charge in [0.1, 0.15) is 12.4 Å². The van der Waals surface area contributed by atoms with Crippen LogP contribution in [-0.4, -0.2) is 11.1 Å². The molecule has 106 valence electrons. The topological polar surface area (TPSA) is 46.5 Å². The Kier molecular flexibility index (Phi) is 3.82. The summed E-state index contributed by atoms with van der Waals surface area (Å²) in [6.07, 6.45) is 0. The summed E-state index contributed by atoms with van der Waals surface area (Å²) >= 11 is 7.72. The van der Waals surface area contributed by atoms with Gasteiger partial charge in [-0.3, -0.25) is 0 Å². The maximum atomic E-state index is 10.9. The molecule has 1 heterocycles. The summed E-state index contributed by atoms with van der Waals surface area (Å²) in [5.74, 6) is -0.524. The van der Waals surface area contributed by atoms with Gasteiger partial charge in [0.15, 0.2) is 0 Å². The average molecular weight is 319 g/mol. The standard InChI is InChI=1S/C16H11ClO3S/c17-13-7-10(16(18)19)5-6-14(13)20-8-11-9-21-15-4-2-1-3-12(11)15/h1-7,9H,8H2,(H,18,19). The summed E-state index contributed by atoms with van der Waals surface area (Å²) in [6.45, 7) is 0.399. The number of thiophene rings is 1. The number of carbonyl (C=O) groups is 1. The van der Waals surface area contributed by atoms with E-state index in [1.165, 1.54) is 22.2 Å². The molecule has 21 heavy (non-hydrogen) atoms. The van der Waals surface area contributed by atoms with E-state index in [9.17, 15) is 4.79 Å². The highest BCUT2D eigenvalue weighted by Gasteiger charge is 2.09. The Bertz CT molecular complexity index is 810. The maximum absolute atomic E-state index is 10.9. The van der Waals surface area contributed by atoms with Crippen LogP contribution in [0.2, 0.25) is 5.02 Å². The number of hydrogen-bond donors (Lipinski definition) is 1. The van der Waals surface area contributed by atoms with Gasteiger partial charge in [0.2, 0.25) is 0 Å². The van der Waals surface area contributed by atoms with Crippen molar-refractivity contribution in [1.82, 2.24) is 0 Å². The molecule has 0 fully saturated rings. The Labute approximate surface area is 130 Å². The van der Waals surface area contributed by atoms with Crippen LogP contribution in [0.25, 0.3) is 10.1 Å². The molecule has 0 aliphatic heterocycles. The molecule has 0 saturated heterocycles. The van der Waals surface area contributed by atoms with Gasteiger partial charge < -0.3 is 9.84 Å². The van der Waals surface area contributed by atoms with Crippen molar-refractivity contribution in [2.75, 3.05) is 0 Å². The number of ether oxygens (including phenoxy) is 1. The smallest absolute Gasteiger partial charge is 0.335 e. The molecular weight excluding hydrogens is 308 g/mol. The fraction of sp³-hybridized carbons (Fsp3) is 0.0625. The molecule has 0 aliphatic rings. The average Bonchev–Trinajstić information content (AvgIpc) is 2.89. The Morgan fingerprint density at radius 1 is 1.24 bits per heavy atom. The van der Waals surface area contributed by atoms with Gasteiger partial charge in [-0.2, -0.15) is 0 Å². The highest BCUT2D eigenvalue weighted by molar-refractivity contribution is 7.17. The predicted octanol–water partition coefficient (Wildman–Crippen LogP) is 4.83. The monoisotopic (exact) mass is 318 g/mol. The molecule has 0 unspecified atom stereocenters. The minimum atomic E-state index is -1.01. The van der Waals surface area contributed by atoms with Crippen LogP contribution in [-0.2, 0) is 6.61 Å². The number of hydrogen-bond acceptors (Lipinski definition) is 3. The van der Waals surface area contributed by atoms with Crippen LogP contribution in [0.4, 0.5) is 0 Å². The minimum Gasteiger partial charge on any atom is -0.487 e. The molecule has 5 heteroatoms. The SMILES string of the molecule is O=C(O)c1ccc(OCc2csc3ccccc23)c(Cl)c1. The lowest BCUT2D eigenvalue weighted by Crippen LogP contribution is -1.98. The fourth-order valence-electron chi connectivity index (χ4n) is 2.05. The number of aromatic carboxylic acids is 1. The Balaban J connectivity index is 1.80. The number of benzene rings is 2. The second-order valence-electron chi connectivity index (χ2n) is 4.50. The lowest BCUT2D eigenvalue weighted by atomic mass is 10.2. The van der Waals surface area contributed by atoms with Gasteiger partial charge in [-0.15, -0.1) is 11.3 Å². The van der Waals surface area contributed by atoms with Gasteiger partial charge >= 0.3 is 5.97 Å². The third kappa shape index (κ3) is 2.86. The first kappa shape index (κ1) is 13.9. The quantitative estimate of drug-likeness (QED) is 0.749. The van der Waals surface area contributed by atoms with Crippen molar-refractivity contribution >= 4 is 39.0 Å². The highest BCUT2D eigenvalue weighted by Crippen LogP contribution is 2.29. The van der Waals surface area contributed by atoms with Crippen LogP contribution < -0.4 is 4.74 Å². The van der Waals surface area contributed by atoms with Crippen molar-refractivity contribution in [2.24, 2.45) is 0 Å². The molecular formula is C16H11ClO3S. The molecule has 1 aromatic heterocycles. The lowest BCUT2D eigenvalue weighted by Gasteiger charge is -2.08. The first-order valence-electron chi connectivity index (χ1n) is 6.26. The highest BCUT2D eigenvalue weighted by atomic mass is 35.5. The summed E-state index contributed by atoms with van der Waals surface area (Å²) < 4.78 is 6.92. The van der Waals surface area contributed by atoms with Crippen LogP contribution in [0.1, 0.15) is 15.9 Å². The van der Waals surface area contributed by atoms with E-state index in [0.29, 0.717) is 17.4 Å². The van der Waals surface area contributed by atoms with Crippen molar-refractivity contribution in [3.8, 4) is 5.75 Å².